The minimum absolute atomic E-state index is 0.202. The molecule has 1 rings (SSSR count). The van der Waals surface area contributed by atoms with E-state index in [0.29, 0.717) is 0 Å². The fourth-order valence-corrected chi connectivity index (χ4v) is 1.45. The van der Waals surface area contributed by atoms with Crippen molar-refractivity contribution < 1.29 is 13.2 Å². The van der Waals surface area contributed by atoms with Crippen molar-refractivity contribution in [1.82, 2.24) is 9.78 Å². The van der Waals surface area contributed by atoms with Crippen molar-refractivity contribution in [3.63, 3.8) is 0 Å². The maximum Gasteiger partial charge on any atom is 0.403 e. The molecule has 0 amide bonds. The summed E-state index contributed by atoms with van der Waals surface area (Å²) >= 11 is 4.54. The predicted molar refractivity (Wildman–Crippen MR) is 53.7 cm³/mol. The van der Waals surface area contributed by atoms with Crippen LogP contribution in [-0.4, -0.2) is 20.8 Å². The second-order valence-electron chi connectivity index (χ2n) is 2.39. The van der Waals surface area contributed by atoms with Crippen LogP contribution in [0, 0.1) is 3.57 Å². The van der Waals surface area contributed by atoms with Gasteiger partial charge in [0.15, 0.2) is 0 Å². The number of nitrogens with zero attached hydrogens (tertiary/aromatic N) is 2. The summed E-state index contributed by atoms with van der Waals surface area (Å²) < 4.78 is 38.2. The van der Waals surface area contributed by atoms with Crippen molar-refractivity contribution in [2.75, 3.05) is 0 Å². The largest absolute Gasteiger partial charge is 0.403 e. The Bertz CT molecular complexity index is 286. The molecule has 1 heterocycles. The number of rotatable bonds is 2. The monoisotopic (exact) mass is 368 g/mol. The number of aromatic nitrogens is 2. The van der Waals surface area contributed by atoms with Gasteiger partial charge in [0.1, 0.15) is 4.83 Å². The summed E-state index contributed by atoms with van der Waals surface area (Å²) in [4.78, 5) is -1.55. The smallest absolute Gasteiger partial charge is 0.270 e. The first-order valence-electron chi connectivity index (χ1n) is 3.28. The van der Waals surface area contributed by atoms with E-state index in [-0.39, 0.29) is 6.54 Å². The summed E-state index contributed by atoms with van der Waals surface area (Å²) in [5.41, 5.74) is 0. The first-order valence-corrected chi connectivity index (χ1v) is 5.28. The van der Waals surface area contributed by atoms with E-state index in [0.717, 1.165) is 3.57 Å². The molecule has 0 bridgehead atoms. The lowest BCUT2D eigenvalue weighted by Gasteiger charge is -2.13. The third-order valence-corrected chi connectivity index (χ3v) is 2.67. The number of hydrogen-bond donors (Lipinski definition) is 0. The highest BCUT2D eigenvalue weighted by Crippen LogP contribution is 2.27. The summed E-state index contributed by atoms with van der Waals surface area (Å²) in [6.45, 7) is -0.202. The fraction of sp³-hybridized carbons (Fsp3) is 0.500. The van der Waals surface area contributed by atoms with Gasteiger partial charge in [-0.3, -0.25) is 4.68 Å². The first kappa shape index (κ1) is 11.3. The Morgan fingerprint density at radius 1 is 1.62 bits per heavy atom. The molecule has 74 valence electrons. The highest BCUT2D eigenvalue weighted by molar-refractivity contribution is 14.1. The van der Waals surface area contributed by atoms with Gasteiger partial charge in [-0.15, -0.1) is 0 Å². The van der Waals surface area contributed by atoms with Crippen LogP contribution in [0.1, 0.15) is 0 Å². The van der Waals surface area contributed by atoms with E-state index in [4.69, 9.17) is 0 Å². The SMILES string of the molecule is FC(F)(F)C(Br)Cn1cc(I)cn1. The van der Waals surface area contributed by atoms with Gasteiger partial charge < -0.3 is 0 Å². The van der Waals surface area contributed by atoms with Crippen LogP contribution in [0.3, 0.4) is 0 Å². The molecule has 0 fully saturated rings. The summed E-state index contributed by atoms with van der Waals surface area (Å²) in [5, 5.41) is 3.75. The topological polar surface area (TPSA) is 17.8 Å². The normalized spacial score (nSPS) is 14.5. The van der Waals surface area contributed by atoms with Crippen LogP contribution in [0.4, 0.5) is 13.2 Å². The van der Waals surface area contributed by atoms with Crippen LogP contribution in [0.25, 0.3) is 0 Å². The zero-order valence-corrected chi connectivity index (χ0v) is 9.97. The van der Waals surface area contributed by atoms with E-state index in [1.54, 1.807) is 6.20 Å². The van der Waals surface area contributed by atoms with Crippen LogP contribution in [-0.2, 0) is 6.54 Å². The quantitative estimate of drug-likeness (QED) is 0.579. The van der Waals surface area contributed by atoms with Gasteiger partial charge in [0, 0.05) is 6.20 Å². The lowest BCUT2D eigenvalue weighted by molar-refractivity contribution is -0.129. The van der Waals surface area contributed by atoms with Gasteiger partial charge in [0.05, 0.1) is 16.3 Å². The predicted octanol–water partition coefficient (Wildman–Crippen LogP) is 2.81. The van der Waals surface area contributed by atoms with Crippen molar-refractivity contribution in [3.8, 4) is 0 Å². The second kappa shape index (κ2) is 4.16. The van der Waals surface area contributed by atoms with Crippen LogP contribution < -0.4 is 0 Å². The van der Waals surface area contributed by atoms with E-state index in [2.05, 4.69) is 21.0 Å². The van der Waals surface area contributed by atoms with Crippen molar-refractivity contribution in [2.45, 2.75) is 17.5 Å². The van der Waals surface area contributed by atoms with Crippen molar-refractivity contribution in [2.24, 2.45) is 0 Å². The number of alkyl halides is 4. The minimum Gasteiger partial charge on any atom is -0.270 e. The molecule has 1 unspecified atom stereocenters. The highest BCUT2D eigenvalue weighted by Gasteiger charge is 2.37. The Kier molecular flexibility index (Phi) is 3.61. The van der Waals surface area contributed by atoms with E-state index in [9.17, 15) is 13.2 Å². The van der Waals surface area contributed by atoms with E-state index < -0.39 is 11.0 Å². The Balaban J connectivity index is 2.60. The molecule has 0 radical (unpaired) electrons. The standard InChI is InChI=1S/C6H5BrF3IN2/c7-5(6(8,9)10)3-13-2-4(11)1-12-13/h1-2,5H,3H2. The second-order valence-corrected chi connectivity index (χ2v) is 4.74. The summed E-state index contributed by atoms with van der Waals surface area (Å²) in [7, 11) is 0. The van der Waals surface area contributed by atoms with Gasteiger partial charge >= 0.3 is 6.18 Å². The molecule has 1 atom stereocenters. The minimum atomic E-state index is -4.22. The lowest BCUT2D eigenvalue weighted by atomic mass is 10.4. The third kappa shape index (κ3) is 3.45. The van der Waals surface area contributed by atoms with Gasteiger partial charge in [-0.25, -0.2) is 0 Å². The molecule has 13 heavy (non-hydrogen) atoms. The molecule has 0 aliphatic heterocycles. The molecule has 0 N–H and O–H groups in total. The average molecular weight is 369 g/mol. The lowest BCUT2D eigenvalue weighted by Crippen LogP contribution is -2.27. The third-order valence-electron chi connectivity index (χ3n) is 1.30. The molecule has 0 saturated heterocycles. The van der Waals surface area contributed by atoms with Crippen molar-refractivity contribution in [1.29, 1.82) is 0 Å². The molecule has 1 aromatic heterocycles. The number of hydrogen-bond acceptors (Lipinski definition) is 1. The Morgan fingerprint density at radius 3 is 2.62 bits per heavy atom. The van der Waals surface area contributed by atoms with Gasteiger partial charge in [0.25, 0.3) is 0 Å². The maximum atomic E-state index is 12.1. The van der Waals surface area contributed by atoms with Gasteiger partial charge in [-0.1, -0.05) is 15.9 Å². The zero-order chi connectivity index (χ0) is 10.1. The van der Waals surface area contributed by atoms with Gasteiger partial charge in [0.2, 0.25) is 0 Å². The molecule has 0 aromatic carbocycles. The molecule has 1 aromatic rings. The Hall–Kier alpha value is 0.210. The van der Waals surface area contributed by atoms with E-state index in [1.165, 1.54) is 10.9 Å². The molecule has 0 aliphatic carbocycles. The Labute approximate surface area is 94.8 Å². The summed E-state index contributed by atoms with van der Waals surface area (Å²) in [6.07, 6.45) is -1.16. The molecular formula is C6H5BrF3IN2. The van der Waals surface area contributed by atoms with Gasteiger partial charge in [-0.2, -0.15) is 18.3 Å². The molecule has 0 saturated carbocycles. The van der Waals surface area contributed by atoms with Crippen LogP contribution in [0.15, 0.2) is 12.4 Å². The van der Waals surface area contributed by atoms with Crippen molar-refractivity contribution >= 4 is 38.5 Å². The fourth-order valence-electron chi connectivity index (χ4n) is 0.706. The van der Waals surface area contributed by atoms with E-state index in [1.807, 2.05) is 22.6 Å². The van der Waals surface area contributed by atoms with Crippen LogP contribution in [0.5, 0.6) is 0 Å². The average Bonchev–Trinajstić information content (AvgIpc) is 2.33. The molecular weight excluding hydrogens is 364 g/mol. The molecule has 7 heteroatoms. The van der Waals surface area contributed by atoms with Crippen LogP contribution >= 0.6 is 38.5 Å². The van der Waals surface area contributed by atoms with Crippen LogP contribution in [0.2, 0.25) is 0 Å². The summed E-state index contributed by atoms with van der Waals surface area (Å²) in [5.74, 6) is 0. The molecule has 0 spiro atoms. The zero-order valence-electron chi connectivity index (χ0n) is 6.22. The summed E-state index contributed by atoms with van der Waals surface area (Å²) in [6, 6.07) is 0. The molecule has 0 aliphatic rings. The highest BCUT2D eigenvalue weighted by atomic mass is 127. The first-order chi connectivity index (χ1) is 5.89. The number of halogens is 5. The maximum absolute atomic E-state index is 12.1. The van der Waals surface area contributed by atoms with Gasteiger partial charge in [-0.05, 0) is 22.6 Å². The van der Waals surface area contributed by atoms with Crippen molar-refractivity contribution in [3.05, 3.63) is 16.0 Å². The Morgan fingerprint density at radius 2 is 2.23 bits per heavy atom. The molecule has 2 nitrogen and oxygen atoms in total. The van der Waals surface area contributed by atoms with E-state index >= 15 is 0 Å².